The predicted octanol–water partition coefficient (Wildman–Crippen LogP) is 4.53. The number of nitrogens with one attached hydrogen (secondary N) is 1. The Kier molecular flexibility index (Phi) is 5.15. The summed E-state index contributed by atoms with van der Waals surface area (Å²) in [6.45, 7) is 8.13. The van der Waals surface area contributed by atoms with Crippen molar-refractivity contribution in [3.05, 3.63) is 35.4 Å². The van der Waals surface area contributed by atoms with Crippen molar-refractivity contribution in [3.63, 3.8) is 0 Å². The molecule has 0 bridgehead atoms. The standard InChI is InChI=1S/C19H27F2NO3/c1-12(22-16(23)25-17(2,3)4)13-7-6-8-15(11-13)19(20,21)18(5,24)14-9-10-14/h6-8,11-12,14,24H,9-10H2,1-5H3,(H,22,23)/t12-,18?/m1/s1. The third-order valence-corrected chi connectivity index (χ3v) is 4.49. The zero-order valence-corrected chi connectivity index (χ0v) is 15.4. The molecule has 2 atom stereocenters. The number of hydrogen-bond donors (Lipinski definition) is 2. The van der Waals surface area contributed by atoms with Crippen LogP contribution in [-0.4, -0.2) is 22.4 Å². The van der Waals surface area contributed by atoms with Crippen molar-refractivity contribution in [2.75, 3.05) is 0 Å². The van der Waals surface area contributed by atoms with Crippen molar-refractivity contribution < 1.29 is 23.4 Å². The first-order valence-electron chi connectivity index (χ1n) is 8.55. The quantitative estimate of drug-likeness (QED) is 0.816. The monoisotopic (exact) mass is 355 g/mol. The summed E-state index contributed by atoms with van der Waals surface area (Å²) in [4.78, 5) is 11.9. The molecule has 0 aliphatic heterocycles. The molecule has 1 amide bonds. The van der Waals surface area contributed by atoms with E-state index >= 15 is 0 Å². The van der Waals surface area contributed by atoms with Gasteiger partial charge in [0.2, 0.25) is 0 Å². The van der Waals surface area contributed by atoms with Crippen LogP contribution in [0.25, 0.3) is 0 Å². The molecular formula is C19H27F2NO3. The maximum absolute atomic E-state index is 14.8. The fourth-order valence-electron chi connectivity index (χ4n) is 2.77. The lowest BCUT2D eigenvalue weighted by molar-refractivity contribution is -0.189. The lowest BCUT2D eigenvalue weighted by Gasteiger charge is -2.33. The molecule has 0 radical (unpaired) electrons. The molecule has 1 unspecified atom stereocenters. The Morgan fingerprint density at radius 3 is 2.40 bits per heavy atom. The van der Waals surface area contributed by atoms with Gasteiger partial charge in [0.25, 0.3) is 0 Å². The molecule has 1 aromatic rings. The van der Waals surface area contributed by atoms with E-state index in [-0.39, 0.29) is 11.5 Å². The number of amides is 1. The van der Waals surface area contributed by atoms with Crippen molar-refractivity contribution in [2.45, 2.75) is 70.6 Å². The fraction of sp³-hybridized carbons (Fsp3) is 0.632. The van der Waals surface area contributed by atoms with E-state index in [9.17, 15) is 18.7 Å². The zero-order valence-electron chi connectivity index (χ0n) is 15.4. The predicted molar refractivity (Wildman–Crippen MR) is 91.5 cm³/mol. The molecule has 4 nitrogen and oxygen atoms in total. The molecule has 25 heavy (non-hydrogen) atoms. The van der Waals surface area contributed by atoms with Crippen LogP contribution in [0.15, 0.2) is 24.3 Å². The molecule has 1 saturated carbocycles. The number of alkyl carbamates (subject to hydrolysis) is 1. The molecule has 140 valence electrons. The molecule has 1 aliphatic rings. The van der Waals surface area contributed by atoms with E-state index in [1.807, 2.05) is 0 Å². The molecular weight excluding hydrogens is 328 g/mol. The van der Waals surface area contributed by atoms with Gasteiger partial charge in [-0.15, -0.1) is 0 Å². The summed E-state index contributed by atoms with van der Waals surface area (Å²) >= 11 is 0. The Hall–Kier alpha value is -1.69. The Labute approximate surface area is 147 Å². The van der Waals surface area contributed by atoms with Gasteiger partial charge in [0.1, 0.15) is 11.2 Å². The molecule has 2 rings (SSSR count). The Bertz CT molecular complexity index is 634. The smallest absolute Gasteiger partial charge is 0.408 e. The minimum Gasteiger partial charge on any atom is -0.444 e. The number of benzene rings is 1. The van der Waals surface area contributed by atoms with Crippen molar-refractivity contribution >= 4 is 6.09 Å². The van der Waals surface area contributed by atoms with Gasteiger partial charge >= 0.3 is 12.0 Å². The Morgan fingerprint density at radius 1 is 1.28 bits per heavy atom. The highest BCUT2D eigenvalue weighted by atomic mass is 19.3. The second kappa shape index (κ2) is 6.56. The topological polar surface area (TPSA) is 58.6 Å². The summed E-state index contributed by atoms with van der Waals surface area (Å²) in [5, 5.41) is 12.9. The van der Waals surface area contributed by atoms with Gasteiger partial charge in [-0.05, 0) is 65.0 Å². The second-order valence-corrected chi connectivity index (χ2v) is 7.99. The lowest BCUT2D eigenvalue weighted by atomic mass is 9.86. The van der Waals surface area contributed by atoms with E-state index in [1.165, 1.54) is 25.1 Å². The van der Waals surface area contributed by atoms with Crippen LogP contribution in [-0.2, 0) is 10.7 Å². The zero-order chi connectivity index (χ0) is 19.0. The number of halogens is 2. The van der Waals surface area contributed by atoms with E-state index in [0.717, 1.165) is 0 Å². The lowest BCUT2D eigenvalue weighted by Crippen LogP contribution is -2.45. The third kappa shape index (κ3) is 4.48. The molecule has 0 spiro atoms. The molecule has 1 fully saturated rings. The van der Waals surface area contributed by atoms with Crippen molar-refractivity contribution in [2.24, 2.45) is 5.92 Å². The van der Waals surface area contributed by atoms with Gasteiger partial charge in [-0.1, -0.05) is 18.2 Å². The Balaban J connectivity index is 2.16. The molecule has 0 heterocycles. The minimum absolute atomic E-state index is 0.250. The van der Waals surface area contributed by atoms with Gasteiger partial charge in [-0.2, -0.15) is 8.78 Å². The van der Waals surface area contributed by atoms with Gasteiger partial charge in [0.15, 0.2) is 0 Å². The highest BCUT2D eigenvalue weighted by Gasteiger charge is 2.58. The largest absolute Gasteiger partial charge is 0.444 e. The van der Waals surface area contributed by atoms with E-state index in [1.54, 1.807) is 33.8 Å². The normalized spacial score (nSPS) is 19.0. The number of carbonyl (C=O) groups excluding carboxylic acids is 1. The second-order valence-electron chi connectivity index (χ2n) is 7.99. The highest BCUT2D eigenvalue weighted by molar-refractivity contribution is 5.68. The van der Waals surface area contributed by atoms with Crippen molar-refractivity contribution in [3.8, 4) is 0 Å². The van der Waals surface area contributed by atoms with E-state index in [4.69, 9.17) is 4.74 Å². The fourth-order valence-corrected chi connectivity index (χ4v) is 2.77. The first kappa shape index (κ1) is 19.6. The molecule has 2 N–H and O–H groups in total. The molecule has 0 aromatic heterocycles. The van der Waals surface area contributed by atoms with Gasteiger partial charge < -0.3 is 15.2 Å². The number of hydrogen-bond acceptors (Lipinski definition) is 3. The Morgan fingerprint density at radius 2 is 1.88 bits per heavy atom. The molecule has 1 aromatic carbocycles. The van der Waals surface area contributed by atoms with Gasteiger partial charge in [0.05, 0.1) is 6.04 Å². The van der Waals surface area contributed by atoms with Gasteiger partial charge in [0, 0.05) is 5.56 Å². The van der Waals surface area contributed by atoms with Crippen LogP contribution in [0.1, 0.15) is 64.6 Å². The molecule has 1 aliphatic carbocycles. The molecule has 0 saturated heterocycles. The first-order chi connectivity index (χ1) is 11.3. The average Bonchev–Trinajstić information content (AvgIpc) is 3.30. The van der Waals surface area contributed by atoms with Crippen molar-refractivity contribution in [1.82, 2.24) is 5.32 Å². The molecule has 6 heteroatoms. The van der Waals surface area contributed by atoms with Crippen LogP contribution in [0.4, 0.5) is 13.6 Å². The summed E-state index contributed by atoms with van der Waals surface area (Å²) in [7, 11) is 0. The third-order valence-electron chi connectivity index (χ3n) is 4.49. The average molecular weight is 355 g/mol. The number of alkyl halides is 2. The van der Waals surface area contributed by atoms with Gasteiger partial charge in [-0.25, -0.2) is 4.79 Å². The van der Waals surface area contributed by atoms with Crippen LogP contribution in [0, 0.1) is 5.92 Å². The number of carbonyl (C=O) groups is 1. The van der Waals surface area contributed by atoms with Crippen LogP contribution in [0.5, 0.6) is 0 Å². The van der Waals surface area contributed by atoms with Crippen LogP contribution in [0.2, 0.25) is 0 Å². The maximum atomic E-state index is 14.8. The van der Waals surface area contributed by atoms with E-state index < -0.39 is 29.3 Å². The summed E-state index contributed by atoms with van der Waals surface area (Å²) < 4.78 is 34.8. The van der Waals surface area contributed by atoms with Gasteiger partial charge in [-0.3, -0.25) is 0 Å². The van der Waals surface area contributed by atoms with Crippen LogP contribution < -0.4 is 5.32 Å². The van der Waals surface area contributed by atoms with Crippen molar-refractivity contribution in [1.29, 1.82) is 0 Å². The number of aliphatic hydroxyl groups is 1. The minimum atomic E-state index is -3.37. The SMILES string of the molecule is C[C@@H](NC(=O)OC(C)(C)C)c1cccc(C(F)(F)C(C)(O)C2CC2)c1. The summed E-state index contributed by atoms with van der Waals surface area (Å²) in [5.74, 6) is -3.75. The summed E-state index contributed by atoms with van der Waals surface area (Å²) in [6.07, 6.45) is 0.611. The highest BCUT2D eigenvalue weighted by Crippen LogP contribution is 2.51. The number of rotatable bonds is 5. The van der Waals surface area contributed by atoms with E-state index in [0.29, 0.717) is 18.4 Å². The first-order valence-corrected chi connectivity index (χ1v) is 8.55. The van der Waals surface area contributed by atoms with E-state index in [2.05, 4.69) is 5.32 Å². The van der Waals surface area contributed by atoms with Crippen LogP contribution >= 0.6 is 0 Å². The van der Waals surface area contributed by atoms with Crippen LogP contribution in [0.3, 0.4) is 0 Å². The summed E-state index contributed by atoms with van der Waals surface area (Å²) in [6, 6.07) is 5.30. The summed E-state index contributed by atoms with van der Waals surface area (Å²) in [5.41, 5.74) is -2.44. The number of ether oxygens (including phenoxy) is 1. The maximum Gasteiger partial charge on any atom is 0.408 e.